The first kappa shape index (κ1) is 10.6. The zero-order valence-corrected chi connectivity index (χ0v) is 9.83. The van der Waals surface area contributed by atoms with E-state index >= 15 is 0 Å². The zero-order chi connectivity index (χ0) is 10.8. The third-order valence-electron chi connectivity index (χ3n) is 1.66. The van der Waals surface area contributed by atoms with Gasteiger partial charge in [0.2, 0.25) is 0 Å². The lowest BCUT2D eigenvalue weighted by molar-refractivity contribution is -0.136. The van der Waals surface area contributed by atoms with Crippen LogP contribution in [0, 0.1) is 0 Å². The number of carboxylic acid groups (broad SMARTS) is 1. The standard InChI is InChI=1S/C9H6ClNO2S2/c10-7-2-1-6(15-7)9-11-4-5(14-9)3-8(12)13/h1-2,4H,3H2,(H,12,13). The summed E-state index contributed by atoms with van der Waals surface area (Å²) in [5.74, 6) is -0.839. The molecule has 0 amide bonds. The van der Waals surface area contributed by atoms with Gasteiger partial charge in [-0.3, -0.25) is 4.79 Å². The zero-order valence-electron chi connectivity index (χ0n) is 7.44. The Hall–Kier alpha value is -0.910. The summed E-state index contributed by atoms with van der Waals surface area (Å²) in [5.41, 5.74) is 0. The van der Waals surface area contributed by atoms with Crippen molar-refractivity contribution in [3.8, 4) is 9.88 Å². The molecule has 2 aromatic rings. The Kier molecular flexibility index (Phi) is 3.04. The minimum atomic E-state index is -0.839. The molecule has 3 nitrogen and oxygen atoms in total. The number of hydrogen-bond acceptors (Lipinski definition) is 4. The Labute approximate surface area is 99.0 Å². The maximum Gasteiger partial charge on any atom is 0.308 e. The third-order valence-corrected chi connectivity index (χ3v) is 4.06. The lowest BCUT2D eigenvalue weighted by Gasteiger charge is -1.87. The van der Waals surface area contributed by atoms with Gasteiger partial charge in [-0.2, -0.15) is 0 Å². The summed E-state index contributed by atoms with van der Waals surface area (Å²) in [6, 6.07) is 3.69. The van der Waals surface area contributed by atoms with E-state index in [2.05, 4.69) is 4.98 Å². The Balaban J connectivity index is 2.23. The predicted octanol–water partition coefficient (Wildman–Crippen LogP) is 3.15. The molecule has 0 aliphatic carbocycles. The van der Waals surface area contributed by atoms with Crippen molar-refractivity contribution < 1.29 is 9.90 Å². The van der Waals surface area contributed by atoms with Gasteiger partial charge in [0.15, 0.2) is 0 Å². The van der Waals surface area contributed by atoms with E-state index in [0.29, 0.717) is 4.34 Å². The number of nitrogens with zero attached hydrogens (tertiary/aromatic N) is 1. The molecule has 0 saturated carbocycles. The molecule has 0 radical (unpaired) electrons. The molecular formula is C9H6ClNO2S2. The first-order chi connectivity index (χ1) is 7.15. The Morgan fingerprint density at radius 1 is 1.47 bits per heavy atom. The van der Waals surface area contributed by atoms with Gasteiger partial charge in [0.1, 0.15) is 5.01 Å². The van der Waals surface area contributed by atoms with Gasteiger partial charge < -0.3 is 5.11 Å². The number of thiazole rings is 1. The fourth-order valence-corrected chi connectivity index (χ4v) is 3.09. The molecule has 0 aliphatic rings. The highest BCUT2D eigenvalue weighted by Gasteiger charge is 2.09. The largest absolute Gasteiger partial charge is 0.481 e. The summed E-state index contributed by atoms with van der Waals surface area (Å²) in [6.07, 6.45) is 1.62. The van der Waals surface area contributed by atoms with Crippen LogP contribution in [-0.2, 0) is 11.2 Å². The monoisotopic (exact) mass is 259 g/mol. The lowest BCUT2D eigenvalue weighted by atomic mass is 10.4. The highest BCUT2D eigenvalue weighted by atomic mass is 35.5. The van der Waals surface area contributed by atoms with Gasteiger partial charge in [-0.1, -0.05) is 11.6 Å². The van der Waals surface area contributed by atoms with Gasteiger partial charge in [-0.25, -0.2) is 4.98 Å². The number of carboxylic acids is 1. The van der Waals surface area contributed by atoms with Crippen LogP contribution in [-0.4, -0.2) is 16.1 Å². The molecular weight excluding hydrogens is 254 g/mol. The molecule has 6 heteroatoms. The van der Waals surface area contributed by atoms with Crippen molar-refractivity contribution >= 4 is 40.2 Å². The Bertz CT molecular complexity index is 492. The molecule has 0 unspecified atom stereocenters. The van der Waals surface area contributed by atoms with Gasteiger partial charge in [-0.15, -0.1) is 22.7 Å². The number of carbonyl (C=O) groups is 1. The van der Waals surface area contributed by atoms with Gasteiger partial charge in [0, 0.05) is 11.1 Å². The number of hydrogen-bond donors (Lipinski definition) is 1. The summed E-state index contributed by atoms with van der Waals surface area (Å²) in [7, 11) is 0. The molecule has 2 aromatic heterocycles. The molecule has 15 heavy (non-hydrogen) atoms. The number of aromatic nitrogens is 1. The fourth-order valence-electron chi connectivity index (χ4n) is 1.08. The molecule has 2 heterocycles. The molecule has 2 rings (SSSR count). The van der Waals surface area contributed by atoms with E-state index in [9.17, 15) is 4.79 Å². The summed E-state index contributed by atoms with van der Waals surface area (Å²) >= 11 is 8.63. The second-order valence-corrected chi connectivity index (χ2v) is 5.64. The number of thiophene rings is 1. The third kappa shape index (κ3) is 2.56. The molecule has 1 N–H and O–H groups in total. The predicted molar refractivity (Wildman–Crippen MR) is 61.8 cm³/mol. The lowest BCUT2D eigenvalue weighted by Crippen LogP contribution is -1.97. The van der Waals surface area contributed by atoms with Crippen molar-refractivity contribution in [3.05, 3.63) is 27.5 Å². The van der Waals surface area contributed by atoms with Crippen molar-refractivity contribution in [1.82, 2.24) is 4.98 Å². The maximum atomic E-state index is 10.5. The van der Waals surface area contributed by atoms with Crippen molar-refractivity contribution in [1.29, 1.82) is 0 Å². The van der Waals surface area contributed by atoms with Gasteiger partial charge in [0.05, 0.1) is 15.6 Å². The maximum absolute atomic E-state index is 10.5. The number of rotatable bonds is 3. The SMILES string of the molecule is O=C(O)Cc1cnc(-c2ccc(Cl)s2)s1. The van der Waals surface area contributed by atoms with Crippen LogP contribution in [0.25, 0.3) is 9.88 Å². The second kappa shape index (κ2) is 4.30. The van der Waals surface area contributed by atoms with E-state index in [1.807, 2.05) is 6.07 Å². The minimum absolute atomic E-state index is 0.0246. The van der Waals surface area contributed by atoms with Crippen LogP contribution in [0.3, 0.4) is 0 Å². The molecule has 78 valence electrons. The van der Waals surface area contributed by atoms with E-state index in [0.717, 1.165) is 14.8 Å². The molecule has 0 saturated heterocycles. The molecule has 0 aromatic carbocycles. The van der Waals surface area contributed by atoms with E-state index < -0.39 is 5.97 Å². The van der Waals surface area contributed by atoms with E-state index in [1.165, 1.54) is 22.7 Å². The fraction of sp³-hybridized carbons (Fsp3) is 0.111. The van der Waals surface area contributed by atoms with Crippen LogP contribution in [0.2, 0.25) is 4.34 Å². The van der Waals surface area contributed by atoms with E-state index in [-0.39, 0.29) is 6.42 Å². The molecule has 0 fully saturated rings. The quantitative estimate of drug-likeness (QED) is 0.921. The summed E-state index contributed by atoms with van der Waals surface area (Å²) in [6.45, 7) is 0. The molecule has 0 aliphatic heterocycles. The highest BCUT2D eigenvalue weighted by molar-refractivity contribution is 7.23. The topological polar surface area (TPSA) is 50.2 Å². The molecule has 0 spiro atoms. The van der Waals surface area contributed by atoms with Crippen LogP contribution in [0.1, 0.15) is 4.88 Å². The van der Waals surface area contributed by atoms with Crippen LogP contribution >= 0.6 is 34.3 Å². The van der Waals surface area contributed by atoms with E-state index in [4.69, 9.17) is 16.7 Å². The van der Waals surface area contributed by atoms with Crippen molar-refractivity contribution in [2.75, 3.05) is 0 Å². The first-order valence-corrected chi connectivity index (χ1v) is 6.08. The molecule has 0 bridgehead atoms. The summed E-state index contributed by atoms with van der Waals surface area (Å²) < 4.78 is 0.708. The first-order valence-electron chi connectivity index (χ1n) is 4.07. The summed E-state index contributed by atoms with van der Waals surface area (Å²) in [5, 5.41) is 9.43. The Morgan fingerprint density at radius 2 is 2.27 bits per heavy atom. The summed E-state index contributed by atoms with van der Waals surface area (Å²) in [4.78, 5) is 16.4. The van der Waals surface area contributed by atoms with Crippen LogP contribution in [0.15, 0.2) is 18.3 Å². The van der Waals surface area contributed by atoms with Crippen molar-refractivity contribution in [3.63, 3.8) is 0 Å². The number of aliphatic carboxylic acids is 1. The normalized spacial score (nSPS) is 10.5. The number of halogens is 1. The van der Waals surface area contributed by atoms with Crippen LogP contribution < -0.4 is 0 Å². The average Bonchev–Trinajstić information content (AvgIpc) is 2.72. The smallest absolute Gasteiger partial charge is 0.308 e. The minimum Gasteiger partial charge on any atom is -0.481 e. The van der Waals surface area contributed by atoms with Gasteiger partial charge in [-0.05, 0) is 12.1 Å². The highest BCUT2D eigenvalue weighted by Crippen LogP contribution is 2.33. The molecule has 0 atom stereocenters. The average molecular weight is 260 g/mol. The van der Waals surface area contributed by atoms with E-state index in [1.54, 1.807) is 12.3 Å². The second-order valence-electron chi connectivity index (χ2n) is 2.81. The van der Waals surface area contributed by atoms with Gasteiger partial charge in [0.25, 0.3) is 0 Å². The van der Waals surface area contributed by atoms with Crippen molar-refractivity contribution in [2.45, 2.75) is 6.42 Å². The Morgan fingerprint density at radius 3 is 2.87 bits per heavy atom. The van der Waals surface area contributed by atoms with Crippen molar-refractivity contribution in [2.24, 2.45) is 0 Å². The van der Waals surface area contributed by atoms with Gasteiger partial charge >= 0.3 is 5.97 Å². The van der Waals surface area contributed by atoms with Crippen LogP contribution in [0.4, 0.5) is 0 Å². The van der Waals surface area contributed by atoms with Crippen LogP contribution in [0.5, 0.6) is 0 Å².